The van der Waals surface area contributed by atoms with Crippen LogP contribution >= 0.6 is 11.6 Å². The lowest BCUT2D eigenvalue weighted by molar-refractivity contribution is 0.629. The highest BCUT2D eigenvalue weighted by molar-refractivity contribution is 6.30. The van der Waals surface area contributed by atoms with Crippen molar-refractivity contribution in [3.63, 3.8) is 0 Å². The van der Waals surface area contributed by atoms with Gasteiger partial charge in [0.2, 0.25) is 0 Å². The lowest BCUT2D eigenvalue weighted by Gasteiger charge is -1.90. The minimum Gasteiger partial charge on any atom is -0.238 e. The van der Waals surface area contributed by atoms with Crippen LogP contribution in [0.1, 0.15) is 0 Å². The molecule has 10 heavy (non-hydrogen) atoms. The van der Waals surface area contributed by atoms with Gasteiger partial charge in [0.1, 0.15) is 5.82 Å². The number of hydrogen-bond donors (Lipinski definition) is 0. The van der Waals surface area contributed by atoms with Crippen LogP contribution in [0.5, 0.6) is 0 Å². The van der Waals surface area contributed by atoms with Crippen molar-refractivity contribution in [2.75, 3.05) is 0 Å². The van der Waals surface area contributed by atoms with Crippen LogP contribution in [0.15, 0.2) is 18.2 Å². The van der Waals surface area contributed by atoms with Crippen LogP contribution in [0.25, 0.3) is 4.85 Å². The van der Waals surface area contributed by atoms with Crippen molar-refractivity contribution in [3.8, 4) is 0 Å². The summed E-state index contributed by atoms with van der Waals surface area (Å²) in [5, 5.41) is 0.256. The summed E-state index contributed by atoms with van der Waals surface area (Å²) in [5.74, 6) is -0.474. The summed E-state index contributed by atoms with van der Waals surface area (Å²) in [6.45, 7) is 6.54. The highest BCUT2D eigenvalue weighted by Crippen LogP contribution is 2.19. The Balaban J connectivity index is 3.22. The molecule has 1 nitrogen and oxygen atoms in total. The van der Waals surface area contributed by atoms with E-state index in [0.717, 1.165) is 12.1 Å². The highest BCUT2D eigenvalue weighted by atomic mass is 35.5. The fourth-order valence-electron chi connectivity index (χ4n) is 0.604. The van der Waals surface area contributed by atoms with E-state index < -0.39 is 5.82 Å². The standard InChI is InChI=1S/C7H3ClFN/c1-10-7-3-5(8)2-6(9)4-7/h2-4H. The Bertz CT molecular complexity index is 270. The molecule has 0 heterocycles. The van der Waals surface area contributed by atoms with E-state index in [1.807, 2.05) is 0 Å². The number of halogens is 2. The van der Waals surface area contributed by atoms with Gasteiger partial charge in [0, 0.05) is 5.02 Å². The Kier molecular flexibility index (Phi) is 1.88. The molecule has 0 spiro atoms. The van der Waals surface area contributed by atoms with Crippen LogP contribution in [0.4, 0.5) is 10.1 Å². The van der Waals surface area contributed by atoms with Crippen molar-refractivity contribution in [3.05, 3.63) is 40.5 Å². The number of rotatable bonds is 0. The van der Waals surface area contributed by atoms with Gasteiger partial charge in [-0.15, -0.1) is 0 Å². The molecule has 0 radical (unpaired) electrons. The van der Waals surface area contributed by atoms with Gasteiger partial charge >= 0.3 is 0 Å². The van der Waals surface area contributed by atoms with E-state index in [9.17, 15) is 4.39 Å². The Morgan fingerprint density at radius 1 is 1.40 bits per heavy atom. The van der Waals surface area contributed by atoms with E-state index in [-0.39, 0.29) is 10.7 Å². The third-order valence-corrected chi connectivity index (χ3v) is 1.19. The second kappa shape index (κ2) is 2.68. The largest absolute Gasteiger partial charge is 0.238 e. The van der Waals surface area contributed by atoms with E-state index in [4.69, 9.17) is 18.2 Å². The first-order valence-electron chi connectivity index (χ1n) is 2.56. The zero-order chi connectivity index (χ0) is 7.56. The second-order valence-corrected chi connectivity index (χ2v) is 2.18. The van der Waals surface area contributed by atoms with Gasteiger partial charge < -0.3 is 0 Å². The second-order valence-electron chi connectivity index (χ2n) is 1.74. The van der Waals surface area contributed by atoms with E-state index in [1.165, 1.54) is 6.07 Å². The predicted molar refractivity (Wildman–Crippen MR) is 37.7 cm³/mol. The minimum atomic E-state index is -0.474. The fraction of sp³-hybridized carbons (Fsp3) is 0. The van der Waals surface area contributed by atoms with Crippen molar-refractivity contribution in [1.82, 2.24) is 0 Å². The first-order chi connectivity index (χ1) is 4.72. The van der Waals surface area contributed by atoms with Gasteiger partial charge in [-0.1, -0.05) is 11.6 Å². The van der Waals surface area contributed by atoms with Gasteiger partial charge in [-0.25, -0.2) is 9.24 Å². The Morgan fingerprint density at radius 3 is 2.60 bits per heavy atom. The van der Waals surface area contributed by atoms with Gasteiger partial charge in [-0.3, -0.25) is 0 Å². The van der Waals surface area contributed by atoms with E-state index in [1.54, 1.807) is 0 Å². The molecular formula is C7H3ClFN. The zero-order valence-corrected chi connectivity index (χ0v) is 5.69. The molecule has 1 aromatic rings. The van der Waals surface area contributed by atoms with Gasteiger partial charge in [0.25, 0.3) is 0 Å². The van der Waals surface area contributed by atoms with Crippen LogP contribution in [-0.4, -0.2) is 0 Å². The third-order valence-electron chi connectivity index (χ3n) is 0.976. The van der Waals surface area contributed by atoms with Crippen LogP contribution < -0.4 is 0 Å². The molecule has 0 N–H and O–H groups in total. The summed E-state index contributed by atoms with van der Waals surface area (Å²) < 4.78 is 12.4. The normalized spacial score (nSPS) is 8.90. The fourth-order valence-corrected chi connectivity index (χ4v) is 0.820. The van der Waals surface area contributed by atoms with Crippen molar-refractivity contribution in [1.29, 1.82) is 0 Å². The molecule has 0 unspecified atom stereocenters. The van der Waals surface area contributed by atoms with Crippen molar-refractivity contribution in [2.24, 2.45) is 0 Å². The summed E-state index contributed by atoms with van der Waals surface area (Å²) in [6.07, 6.45) is 0. The minimum absolute atomic E-state index is 0.227. The summed E-state index contributed by atoms with van der Waals surface area (Å²) in [7, 11) is 0. The number of hydrogen-bond acceptors (Lipinski definition) is 0. The van der Waals surface area contributed by atoms with Crippen LogP contribution in [-0.2, 0) is 0 Å². The molecule has 0 fully saturated rings. The molecule has 0 saturated heterocycles. The predicted octanol–water partition coefficient (Wildman–Crippen LogP) is 3.03. The summed E-state index contributed by atoms with van der Waals surface area (Å²) in [4.78, 5) is 3.02. The lowest BCUT2D eigenvalue weighted by atomic mass is 10.3. The Hall–Kier alpha value is -1.07. The monoisotopic (exact) mass is 155 g/mol. The van der Waals surface area contributed by atoms with Crippen LogP contribution in [0, 0.1) is 12.4 Å². The van der Waals surface area contributed by atoms with E-state index in [2.05, 4.69) is 4.85 Å². The molecule has 0 bridgehead atoms. The summed E-state index contributed by atoms with van der Waals surface area (Å²) in [5.41, 5.74) is 0.227. The SMILES string of the molecule is [C-]#[N+]c1cc(F)cc(Cl)c1. The van der Waals surface area contributed by atoms with Gasteiger partial charge in [-0.05, 0) is 18.2 Å². The number of nitrogens with zero attached hydrogens (tertiary/aromatic N) is 1. The molecule has 1 aromatic carbocycles. The molecule has 0 aliphatic carbocycles. The van der Waals surface area contributed by atoms with Crippen molar-refractivity contribution < 1.29 is 4.39 Å². The smallest absolute Gasteiger partial charge is 0.191 e. The quantitative estimate of drug-likeness (QED) is 0.508. The van der Waals surface area contributed by atoms with Crippen molar-refractivity contribution in [2.45, 2.75) is 0 Å². The first kappa shape index (κ1) is 7.04. The highest BCUT2D eigenvalue weighted by Gasteiger charge is 1.96. The average Bonchev–Trinajstić information content (AvgIpc) is 1.85. The van der Waals surface area contributed by atoms with Gasteiger partial charge in [0.05, 0.1) is 6.57 Å². The van der Waals surface area contributed by atoms with Crippen LogP contribution in [0.2, 0.25) is 5.02 Å². The zero-order valence-electron chi connectivity index (χ0n) is 4.94. The molecular weight excluding hydrogens is 153 g/mol. The van der Waals surface area contributed by atoms with Crippen molar-refractivity contribution >= 4 is 17.3 Å². The molecule has 1 rings (SSSR count). The lowest BCUT2D eigenvalue weighted by Crippen LogP contribution is -1.70. The summed E-state index contributed by atoms with van der Waals surface area (Å²) >= 11 is 5.45. The maximum absolute atomic E-state index is 12.4. The molecule has 0 saturated carbocycles. The topological polar surface area (TPSA) is 4.36 Å². The molecule has 0 aliphatic rings. The molecule has 3 heteroatoms. The van der Waals surface area contributed by atoms with Gasteiger partial charge in [-0.2, -0.15) is 0 Å². The molecule has 0 aromatic heterocycles. The van der Waals surface area contributed by atoms with E-state index in [0.29, 0.717) is 0 Å². The van der Waals surface area contributed by atoms with Crippen LogP contribution in [0.3, 0.4) is 0 Å². The average molecular weight is 156 g/mol. The summed E-state index contributed by atoms with van der Waals surface area (Å²) in [6, 6.07) is 3.72. The number of benzene rings is 1. The Labute approximate surface area is 62.9 Å². The molecule has 0 atom stereocenters. The van der Waals surface area contributed by atoms with E-state index >= 15 is 0 Å². The molecule has 0 amide bonds. The van der Waals surface area contributed by atoms with Gasteiger partial charge in [0.15, 0.2) is 5.69 Å². The third kappa shape index (κ3) is 1.46. The first-order valence-corrected chi connectivity index (χ1v) is 2.94. The maximum Gasteiger partial charge on any atom is 0.191 e. The maximum atomic E-state index is 12.4. The Morgan fingerprint density at radius 2 is 2.10 bits per heavy atom. The molecule has 50 valence electrons. The molecule has 0 aliphatic heterocycles.